The summed E-state index contributed by atoms with van der Waals surface area (Å²) in [5.41, 5.74) is 7.82. The van der Waals surface area contributed by atoms with Gasteiger partial charge in [-0.15, -0.1) is 0 Å². The third kappa shape index (κ3) is 3.98. The van der Waals surface area contributed by atoms with Gasteiger partial charge in [0, 0.05) is 32.7 Å². The first-order valence-corrected chi connectivity index (χ1v) is 7.54. The van der Waals surface area contributed by atoms with E-state index in [4.69, 9.17) is 5.73 Å². The molecule has 6 nitrogen and oxygen atoms in total. The van der Waals surface area contributed by atoms with Crippen molar-refractivity contribution < 1.29 is 4.79 Å². The second-order valence-corrected chi connectivity index (χ2v) is 5.92. The number of nitrogens with two attached hydrogens (primary N) is 1. The Labute approximate surface area is 126 Å². The molecule has 1 unspecified atom stereocenters. The number of aryl methyl sites for hydroxylation is 2. The fourth-order valence-electron chi connectivity index (χ4n) is 2.59. The molecule has 116 valence electrons. The van der Waals surface area contributed by atoms with Gasteiger partial charge in [0.15, 0.2) is 0 Å². The number of hydrogen-bond donors (Lipinski definition) is 1. The number of amides is 1. The molecule has 2 N–H and O–H groups in total. The average Bonchev–Trinajstić information content (AvgIpc) is 2.49. The van der Waals surface area contributed by atoms with Crippen molar-refractivity contribution in [1.82, 2.24) is 20.0 Å². The fourth-order valence-corrected chi connectivity index (χ4v) is 2.59. The first-order chi connectivity index (χ1) is 10.0. The minimum atomic E-state index is 0.0667. The van der Waals surface area contributed by atoms with E-state index in [0.29, 0.717) is 23.7 Å². The zero-order chi connectivity index (χ0) is 15.4. The number of carbonyl (C=O) groups excluding carboxylic acids is 1. The van der Waals surface area contributed by atoms with Gasteiger partial charge in [0.05, 0.1) is 17.0 Å². The van der Waals surface area contributed by atoms with E-state index in [-0.39, 0.29) is 5.91 Å². The SMILES string of the molecule is Cc1cc(C(=O)N2CCN(CC(C)CN)CC2)c(C)nn1. The minimum Gasteiger partial charge on any atom is -0.336 e. The standard InChI is InChI=1S/C15H25N5O/c1-11(9-16)10-19-4-6-20(7-5-19)15(21)14-8-12(2)17-18-13(14)3/h8,11H,4-7,9-10,16H2,1-3H3. The summed E-state index contributed by atoms with van der Waals surface area (Å²) in [5, 5.41) is 8.02. The Bertz CT molecular complexity index is 497. The molecule has 0 bridgehead atoms. The molecule has 21 heavy (non-hydrogen) atoms. The Hall–Kier alpha value is -1.53. The smallest absolute Gasteiger partial charge is 0.255 e. The molecule has 0 aromatic carbocycles. The Morgan fingerprint density at radius 2 is 1.95 bits per heavy atom. The number of piperazine rings is 1. The Balaban J connectivity index is 1.95. The quantitative estimate of drug-likeness (QED) is 0.871. The number of hydrogen-bond acceptors (Lipinski definition) is 5. The number of rotatable bonds is 4. The van der Waals surface area contributed by atoms with Crippen molar-refractivity contribution in [3.8, 4) is 0 Å². The van der Waals surface area contributed by atoms with E-state index in [2.05, 4.69) is 22.0 Å². The van der Waals surface area contributed by atoms with Gasteiger partial charge in [0.25, 0.3) is 5.91 Å². The van der Waals surface area contributed by atoms with Crippen LogP contribution in [0, 0.1) is 19.8 Å². The number of aromatic nitrogens is 2. The van der Waals surface area contributed by atoms with E-state index in [1.165, 1.54) is 0 Å². The molecule has 2 heterocycles. The lowest BCUT2D eigenvalue weighted by Gasteiger charge is -2.36. The van der Waals surface area contributed by atoms with Crippen LogP contribution in [0.3, 0.4) is 0 Å². The van der Waals surface area contributed by atoms with Gasteiger partial charge < -0.3 is 10.6 Å². The molecule has 1 aromatic heterocycles. The molecule has 1 amide bonds. The van der Waals surface area contributed by atoms with Crippen molar-refractivity contribution in [2.45, 2.75) is 20.8 Å². The molecular formula is C15H25N5O. The molecule has 1 aliphatic rings. The van der Waals surface area contributed by atoms with Crippen LogP contribution in [0.5, 0.6) is 0 Å². The molecule has 2 rings (SSSR count). The monoisotopic (exact) mass is 291 g/mol. The molecule has 1 atom stereocenters. The van der Waals surface area contributed by atoms with Crippen LogP contribution >= 0.6 is 0 Å². The predicted molar refractivity (Wildman–Crippen MR) is 82.1 cm³/mol. The highest BCUT2D eigenvalue weighted by Crippen LogP contribution is 2.12. The van der Waals surface area contributed by atoms with Crippen molar-refractivity contribution in [2.24, 2.45) is 11.7 Å². The van der Waals surface area contributed by atoms with Crippen LogP contribution in [0.1, 0.15) is 28.7 Å². The van der Waals surface area contributed by atoms with Gasteiger partial charge in [-0.25, -0.2) is 0 Å². The Morgan fingerprint density at radius 3 is 2.57 bits per heavy atom. The van der Waals surface area contributed by atoms with Crippen molar-refractivity contribution in [3.63, 3.8) is 0 Å². The highest BCUT2D eigenvalue weighted by atomic mass is 16.2. The van der Waals surface area contributed by atoms with E-state index in [9.17, 15) is 4.79 Å². The average molecular weight is 291 g/mol. The first kappa shape index (κ1) is 15.9. The Kier molecular flexibility index (Phi) is 5.25. The maximum absolute atomic E-state index is 12.6. The summed E-state index contributed by atoms with van der Waals surface area (Å²) in [6.45, 7) is 10.9. The van der Waals surface area contributed by atoms with Gasteiger partial charge in [0.2, 0.25) is 0 Å². The van der Waals surface area contributed by atoms with Crippen molar-refractivity contribution in [2.75, 3.05) is 39.3 Å². The van der Waals surface area contributed by atoms with Gasteiger partial charge in [0.1, 0.15) is 0 Å². The van der Waals surface area contributed by atoms with E-state index in [0.717, 1.165) is 38.4 Å². The van der Waals surface area contributed by atoms with Crippen molar-refractivity contribution >= 4 is 5.91 Å². The van der Waals surface area contributed by atoms with Crippen LogP contribution in [-0.4, -0.2) is 65.2 Å². The summed E-state index contributed by atoms with van der Waals surface area (Å²) in [6.07, 6.45) is 0. The molecule has 1 fully saturated rings. The zero-order valence-corrected chi connectivity index (χ0v) is 13.2. The molecule has 0 spiro atoms. The molecule has 0 radical (unpaired) electrons. The summed E-state index contributed by atoms with van der Waals surface area (Å²) in [5.74, 6) is 0.568. The van der Waals surface area contributed by atoms with E-state index in [1.807, 2.05) is 24.8 Å². The van der Waals surface area contributed by atoms with Gasteiger partial charge in [-0.1, -0.05) is 6.92 Å². The molecule has 1 aliphatic heterocycles. The summed E-state index contributed by atoms with van der Waals surface area (Å²) in [4.78, 5) is 16.9. The normalized spacial score (nSPS) is 17.8. The van der Waals surface area contributed by atoms with Gasteiger partial charge in [-0.05, 0) is 32.4 Å². The summed E-state index contributed by atoms with van der Waals surface area (Å²) >= 11 is 0. The van der Waals surface area contributed by atoms with Crippen molar-refractivity contribution in [3.05, 3.63) is 23.0 Å². The zero-order valence-electron chi connectivity index (χ0n) is 13.2. The molecular weight excluding hydrogens is 266 g/mol. The number of carbonyl (C=O) groups is 1. The van der Waals surface area contributed by atoms with Crippen LogP contribution in [0.2, 0.25) is 0 Å². The summed E-state index contributed by atoms with van der Waals surface area (Å²) in [6, 6.07) is 1.83. The lowest BCUT2D eigenvalue weighted by Crippen LogP contribution is -2.50. The maximum atomic E-state index is 12.6. The highest BCUT2D eigenvalue weighted by molar-refractivity contribution is 5.95. The molecule has 0 saturated carbocycles. The predicted octanol–water partition coefficient (Wildman–Crippen LogP) is 0.446. The number of nitrogens with zero attached hydrogens (tertiary/aromatic N) is 4. The van der Waals surface area contributed by atoms with Crippen LogP contribution in [-0.2, 0) is 0 Å². The summed E-state index contributed by atoms with van der Waals surface area (Å²) in [7, 11) is 0. The van der Waals surface area contributed by atoms with E-state index in [1.54, 1.807) is 0 Å². The lowest BCUT2D eigenvalue weighted by atomic mass is 10.1. The van der Waals surface area contributed by atoms with Crippen LogP contribution < -0.4 is 5.73 Å². The second-order valence-electron chi connectivity index (χ2n) is 5.92. The van der Waals surface area contributed by atoms with Crippen molar-refractivity contribution in [1.29, 1.82) is 0 Å². The largest absolute Gasteiger partial charge is 0.336 e. The Morgan fingerprint density at radius 1 is 1.29 bits per heavy atom. The van der Waals surface area contributed by atoms with Gasteiger partial charge >= 0.3 is 0 Å². The molecule has 0 aliphatic carbocycles. The first-order valence-electron chi connectivity index (χ1n) is 7.54. The third-order valence-electron chi connectivity index (χ3n) is 3.96. The maximum Gasteiger partial charge on any atom is 0.255 e. The topological polar surface area (TPSA) is 75.4 Å². The van der Waals surface area contributed by atoms with Crippen LogP contribution in [0.25, 0.3) is 0 Å². The minimum absolute atomic E-state index is 0.0667. The lowest BCUT2D eigenvalue weighted by molar-refractivity contribution is 0.0620. The summed E-state index contributed by atoms with van der Waals surface area (Å²) < 4.78 is 0. The van der Waals surface area contributed by atoms with E-state index >= 15 is 0 Å². The second kappa shape index (κ2) is 6.95. The van der Waals surface area contributed by atoms with E-state index < -0.39 is 0 Å². The molecule has 6 heteroatoms. The van der Waals surface area contributed by atoms with Crippen LogP contribution in [0.4, 0.5) is 0 Å². The molecule has 1 saturated heterocycles. The third-order valence-corrected chi connectivity index (χ3v) is 3.96. The van der Waals surface area contributed by atoms with Gasteiger partial charge in [-0.2, -0.15) is 10.2 Å². The fraction of sp³-hybridized carbons (Fsp3) is 0.667. The van der Waals surface area contributed by atoms with Gasteiger partial charge in [-0.3, -0.25) is 9.69 Å². The molecule has 1 aromatic rings. The van der Waals surface area contributed by atoms with Crippen LogP contribution in [0.15, 0.2) is 6.07 Å². The highest BCUT2D eigenvalue weighted by Gasteiger charge is 2.24.